The minimum absolute atomic E-state index is 0.0912. The number of aliphatic imine (C=N–C) groups is 2. The molecule has 104 valence electrons. The summed E-state index contributed by atoms with van der Waals surface area (Å²) in [4.78, 5) is 18.9. The van der Waals surface area contributed by atoms with Crippen LogP contribution in [0.3, 0.4) is 0 Å². The van der Waals surface area contributed by atoms with E-state index in [9.17, 15) is 4.79 Å². The third-order valence-electron chi connectivity index (χ3n) is 1.80. The van der Waals surface area contributed by atoms with Gasteiger partial charge < -0.3 is 21.1 Å². The van der Waals surface area contributed by atoms with Crippen LogP contribution in [0.1, 0.15) is 0 Å². The Morgan fingerprint density at radius 1 is 1.10 bits per heavy atom. The van der Waals surface area contributed by atoms with Gasteiger partial charge in [0.25, 0.3) is 5.91 Å². The Morgan fingerprint density at radius 3 is 2.70 bits per heavy atom. The maximum atomic E-state index is 11.1. The van der Waals surface area contributed by atoms with E-state index in [2.05, 4.69) is 20.6 Å². The molecule has 0 saturated heterocycles. The zero-order chi connectivity index (χ0) is 14.5. The van der Waals surface area contributed by atoms with Gasteiger partial charge in [0.15, 0.2) is 0 Å². The second-order valence-electron chi connectivity index (χ2n) is 3.24. The highest BCUT2D eigenvalue weighted by Gasteiger charge is 1.99. The maximum Gasteiger partial charge on any atom is 0.267 e. The van der Waals surface area contributed by atoms with E-state index >= 15 is 0 Å². The predicted molar refractivity (Wildman–Crippen MR) is 78.2 cm³/mol. The predicted octanol–water partition coefficient (Wildman–Crippen LogP) is 0.634. The fourth-order valence-corrected chi connectivity index (χ4v) is 0.974. The third kappa shape index (κ3) is 7.28. The summed E-state index contributed by atoms with van der Waals surface area (Å²) in [5.41, 5.74) is 5.27. The van der Waals surface area contributed by atoms with Gasteiger partial charge in [0.1, 0.15) is 12.0 Å². The molecule has 0 unspecified atom stereocenters. The molecular formula is C13H15N5O2. The van der Waals surface area contributed by atoms with Crippen molar-refractivity contribution in [3.05, 3.63) is 61.9 Å². The van der Waals surface area contributed by atoms with Crippen LogP contribution in [0.25, 0.3) is 0 Å². The quantitative estimate of drug-likeness (QED) is 0.652. The Labute approximate surface area is 116 Å². The molecule has 7 heteroatoms. The first kappa shape index (κ1) is 15.0. The molecule has 0 aromatic carbocycles. The normalized spacial score (nSPS) is 15.7. The summed E-state index contributed by atoms with van der Waals surface area (Å²) in [6.07, 6.45) is 16.6. The molecule has 7 nitrogen and oxygen atoms in total. The van der Waals surface area contributed by atoms with E-state index in [0.717, 1.165) is 0 Å². The maximum absolute atomic E-state index is 11.1. The molecule has 1 aliphatic heterocycles. The molecular weight excluding hydrogens is 258 g/mol. The summed E-state index contributed by atoms with van der Waals surface area (Å²) in [6, 6.07) is 0. The zero-order valence-electron chi connectivity index (χ0n) is 10.6. The molecule has 0 bridgehead atoms. The number of carbonyl (C=O) groups is 1. The van der Waals surface area contributed by atoms with Crippen molar-refractivity contribution in [3.8, 4) is 0 Å². The van der Waals surface area contributed by atoms with Crippen LogP contribution in [-0.2, 0) is 9.53 Å². The number of allylic oxidation sites excluding steroid dienone is 1. The second kappa shape index (κ2) is 9.89. The van der Waals surface area contributed by atoms with Crippen molar-refractivity contribution in [2.75, 3.05) is 0 Å². The van der Waals surface area contributed by atoms with Gasteiger partial charge in [-0.25, -0.2) is 4.99 Å². The van der Waals surface area contributed by atoms with Gasteiger partial charge >= 0.3 is 0 Å². The minimum Gasteiger partial charge on any atom is -0.471 e. The third-order valence-corrected chi connectivity index (χ3v) is 1.80. The first-order valence-electron chi connectivity index (χ1n) is 5.66. The Morgan fingerprint density at radius 2 is 1.90 bits per heavy atom. The molecule has 0 aromatic rings. The molecule has 20 heavy (non-hydrogen) atoms. The van der Waals surface area contributed by atoms with Gasteiger partial charge in [-0.15, -0.1) is 0 Å². The molecule has 1 amide bonds. The lowest BCUT2D eigenvalue weighted by Crippen LogP contribution is -2.21. The van der Waals surface area contributed by atoms with Crippen LogP contribution in [-0.4, -0.2) is 17.8 Å². The molecule has 4 N–H and O–H groups in total. The monoisotopic (exact) mass is 273 g/mol. The van der Waals surface area contributed by atoms with Crippen molar-refractivity contribution in [3.63, 3.8) is 0 Å². The summed E-state index contributed by atoms with van der Waals surface area (Å²) >= 11 is 0. The number of ether oxygens (including phenoxy) is 1. The van der Waals surface area contributed by atoms with Crippen molar-refractivity contribution < 1.29 is 9.53 Å². The molecule has 1 aliphatic rings. The van der Waals surface area contributed by atoms with Crippen LogP contribution in [0.15, 0.2) is 71.9 Å². The lowest BCUT2D eigenvalue weighted by atomic mass is 10.3. The highest BCUT2D eigenvalue weighted by Crippen LogP contribution is 1.86. The van der Waals surface area contributed by atoms with Gasteiger partial charge in [-0.3, -0.25) is 9.79 Å². The van der Waals surface area contributed by atoms with Gasteiger partial charge in [-0.05, 0) is 12.2 Å². The Kier molecular flexibility index (Phi) is 7.40. The van der Waals surface area contributed by atoms with Crippen molar-refractivity contribution in [1.29, 1.82) is 0 Å². The summed E-state index contributed by atoms with van der Waals surface area (Å²) in [5.74, 6) is -0.640. The lowest BCUT2D eigenvalue weighted by Gasteiger charge is -1.92. The number of rotatable bonds is 1. The Bertz CT molecular complexity index is 513. The number of nitrogens with two attached hydrogens (primary N) is 1. The van der Waals surface area contributed by atoms with E-state index in [-0.39, 0.29) is 5.71 Å². The van der Waals surface area contributed by atoms with Crippen LogP contribution in [0.4, 0.5) is 0 Å². The number of amides is 1. The van der Waals surface area contributed by atoms with E-state index in [1.54, 1.807) is 24.7 Å². The lowest BCUT2D eigenvalue weighted by molar-refractivity contribution is -0.111. The SMILES string of the molecule is NC(=O)C1=NC=CNC=CNC=COC=CC=NC=C1. The molecule has 0 aromatic heterocycles. The van der Waals surface area contributed by atoms with Crippen molar-refractivity contribution in [2.45, 2.75) is 0 Å². The van der Waals surface area contributed by atoms with E-state index in [4.69, 9.17) is 10.5 Å². The van der Waals surface area contributed by atoms with Gasteiger partial charge in [0, 0.05) is 43.4 Å². The molecule has 0 atom stereocenters. The van der Waals surface area contributed by atoms with Crippen LogP contribution < -0.4 is 16.4 Å². The molecule has 0 spiro atoms. The van der Waals surface area contributed by atoms with Gasteiger partial charge in [0.2, 0.25) is 0 Å². The zero-order valence-corrected chi connectivity index (χ0v) is 10.6. The fourth-order valence-electron chi connectivity index (χ4n) is 0.974. The minimum atomic E-state index is -0.640. The van der Waals surface area contributed by atoms with Crippen LogP contribution in [0.2, 0.25) is 0 Å². The molecule has 0 fully saturated rings. The molecule has 1 heterocycles. The topological polar surface area (TPSA) is 101 Å². The molecule has 0 radical (unpaired) electrons. The molecule has 0 saturated carbocycles. The summed E-state index contributed by atoms with van der Waals surface area (Å²) in [5, 5.41) is 5.65. The number of nitrogens with zero attached hydrogens (tertiary/aromatic N) is 2. The van der Waals surface area contributed by atoms with Crippen LogP contribution >= 0.6 is 0 Å². The van der Waals surface area contributed by atoms with E-state index in [1.165, 1.54) is 43.4 Å². The standard InChI is InChI=1S/C13H15N5O2/c14-13(19)12-2-4-15-3-1-10-20-11-9-17-6-5-16-7-8-18-12/h1-11,16-17H,(H2,14,19). The molecule has 1 rings (SSSR count). The highest BCUT2D eigenvalue weighted by molar-refractivity contribution is 6.42. The Balaban J connectivity index is 2.80. The fraction of sp³-hybridized carbons (Fsp3) is 0. The summed E-state index contributed by atoms with van der Waals surface area (Å²) in [6.45, 7) is 0. The molecule has 0 aliphatic carbocycles. The first-order valence-corrected chi connectivity index (χ1v) is 5.66. The average Bonchev–Trinajstić information content (AvgIpc) is 2.43. The van der Waals surface area contributed by atoms with Crippen molar-refractivity contribution in [2.24, 2.45) is 15.7 Å². The summed E-state index contributed by atoms with van der Waals surface area (Å²) < 4.78 is 5.01. The highest BCUT2D eigenvalue weighted by atomic mass is 16.5. The van der Waals surface area contributed by atoms with E-state index in [1.807, 2.05) is 0 Å². The van der Waals surface area contributed by atoms with Gasteiger partial charge in [-0.1, -0.05) is 0 Å². The smallest absolute Gasteiger partial charge is 0.267 e. The van der Waals surface area contributed by atoms with Gasteiger partial charge in [0.05, 0.1) is 6.26 Å². The largest absolute Gasteiger partial charge is 0.471 e. The van der Waals surface area contributed by atoms with Crippen LogP contribution in [0.5, 0.6) is 0 Å². The van der Waals surface area contributed by atoms with Crippen molar-refractivity contribution in [1.82, 2.24) is 10.6 Å². The van der Waals surface area contributed by atoms with Gasteiger partial charge in [-0.2, -0.15) is 0 Å². The second-order valence-corrected chi connectivity index (χ2v) is 3.24. The first-order chi connectivity index (χ1) is 9.80. The number of nitrogens with one attached hydrogen (secondary N) is 2. The number of carbonyl (C=O) groups excluding carboxylic acids is 1. The number of primary amides is 1. The summed E-state index contributed by atoms with van der Waals surface area (Å²) in [7, 11) is 0. The number of hydrogen-bond donors (Lipinski definition) is 3. The van der Waals surface area contributed by atoms with Crippen LogP contribution in [0, 0.1) is 0 Å². The van der Waals surface area contributed by atoms with E-state index in [0.29, 0.717) is 0 Å². The average molecular weight is 273 g/mol. The number of hydrogen-bond acceptors (Lipinski definition) is 6. The van der Waals surface area contributed by atoms with E-state index < -0.39 is 5.91 Å². The van der Waals surface area contributed by atoms with Crippen molar-refractivity contribution >= 4 is 17.8 Å². The Hall–Kier alpha value is -3.09.